The quantitative estimate of drug-likeness (QED) is 0.709. The van der Waals surface area contributed by atoms with E-state index in [0.717, 1.165) is 13.0 Å². The molecule has 0 fully saturated rings. The van der Waals surface area contributed by atoms with Gasteiger partial charge in [0.15, 0.2) is 0 Å². The number of benzene rings is 1. The molecule has 0 radical (unpaired) electrons. The molecule has 0 atom stereocenters. The second-order valence-electron chi connectivity index (χ2n) is 3.58. The highest BCUT2D eigenvalue weighted by molar-refractivity contribution is 5.13. The van der Waals surface area contributed by atoms with E-state index in [1.807, 2.05) is 18.6 Å². The monoisotopic (exact) mass is 202 g/mol. The molecule has 0 aliphatic heterocycles. The topological polar surface area (TPSA) is 45.7 Å². The van der Waals surface area contributed by atoms with Crippen molar-refractivity contribution in [3.63, 3.8) is 0 Å². The van der Waals surface area contributed by atoms with E-state index in [-0.39, 0.29) is 0 Å². The van der Waals surface area contributed by atoms with Crippen molar-refractivity contribution in [2.45, 2.75) is 13.0 Å². The van der Waals surface area contributed by atoms with Gasteiger partial charge in [-0.25, -0.2) is 9.55 Å². The lowest BCUT2D eigenvalue weighted by atomic mass is 10.2. The Balaban J connectivity index is 2.14. The van der Waals surface area contributed by atoms with Gasteiger partial charge >= 0.3 is 0 Å². The smallest absolute Gasteiger partial charge is 0.242 e. The van der Waals surface area contributed by atoms with Crippen molar-refractivity contribution in [2.24, 2.45) is 5.73 Å². The van der Waals surface area contributed by atoms with E-state index in [1.54, 1.807) is 0 Å². The van der Waals surface area contributed by atoms with Gasteiger partial charge in [0.2, 0.25) is 6.33 Å². The fourth-order valence-electron chi connectivity index (χ4n) is 1.68. The first-order chi connectivity index (χ1) is 7.40. The van der Waals surface area contributed by atoms with E-state index in [0.29, 0.717) is 6.54 Å². The van der Waals surface area contributed by atoms with Crippen LogP contribution in [0.25, 0.3) is 0 Å². The van der Waals surface area contributed by atoms with Crippen molar-refractivity contribution >= 4 is 0 Å². The first kappa shape index (κ1) is 9.93. The van der Waals surface area contributed by atoms with Crippen molar-refractivity contribution in [1.82, 2.24) is 4.98 Å². The highest BCUT2D eigenvalue weighted by Crippen LogP contribution is 1.99. The Kier molecular flexibility index (Phi) is 3.15. The maximum absolute atomic E-state index is 5.55. The van der Waals surface area contributed by atoms with Crippen molar-refractivity contribution in [2.75, 3.05) is 6.54 Å². The second kappa shape index (κ2) is 4.75. The third kappa shape index (κ3) is 2.44. The summed E-state index contributed by atoms with van der Waals surface area (Å²) in [7, 11) is 0. The Morgan fingerprint density at radius 3 is 2.73 bits per heavy atom. The lowest BCUT2D eigenvalue weighted by Gasteiger charge is -2.00. The number of H-pyrrole nitrogens is 1. The lowest BCUT2D eigenvalue weighted by Crippen LogP contribution is -2.37. The normalized spacial score (nSPS) is 10.5. The Labute approximate surface area is 89.6 Å². The standard InChI is InChI=1S/C12H15N3/c13-7-6-12-8-14-10-15(12)9-11-4-2-1-3-5-11/h1-5,8,10H,6-7,9,13H2/p+1. The van der Waals surface area contributed by atoms with Crippen LogP contribution in [0.1, 0.15) is 11.3 Å². The molecular weight excluding hydrogens is 186 g/mol. The number of nitrogens with zero attached hydrogens (tertiary/aromatic N) is 1. The van der Waals surface area contributed by atoms with Gasteiger partial charge in [0, 0.05) is 6.42 Å². The molecule has 2 rings (SSSR count). The van der Waals surface area contributed by atoms with Crippen LogP contribution >= 0.6 is 0 Å². The van der Waals surface area contributed by atoms with Crippen LogP contribution < -0.4 is 10.3 Å². The molecule has 78 valence electrons. The number of hydrogen-bond donors (Lipinski definition) is 2. The van der Waals surface area contributed by atoms with Gasteiger partial charge in [-0.15, -0.1) is 0 Å². The fraction of sp³-hybridized carbons (Fsp3) is 0.250. The van der Waals surface area contributed by atoms with E-state index in [9.17, 15) is 0 Å². The Morgan fingerprint density at radius 1 is 1.20 bits per heavy atom. The third-order valence-electron chi connectivity index (χ3n) is 2.45. The zero-order valence-corrected chi connectivity index (χ0v) is 8.69. The summed E-state index contributed by atoms with van der Waals surface area (Å²) in [6, 6.07) is 10.4. The minimum atomic E-state index is 0.687. The van der Waals surface area contributed by atoms with Crippen LogP contribution in [-0.2, 0) is 13.0 Å². The molecule has 0 bridgehead atoms. The molecule has 0 aliphatic carbocycles. The maximum Gasteiger partial charge on any atom is 0.242 e. The summed E-state index contributed by atoms with van der Waals surface area (Å²) in [5.41, 5.74) is 8.11. The highest BCUT2D eigenvalue weighted by Gasteiger charge is 2.07. The van der Waals surface area contributed by atoms with Gasteiger partial charge in [-0.05, 0) is 12.1 Å². The van der Waals surface area contributed by atoms with E-state index in [4.69, 9.17) is 5.73 Å². The predicted octanol–water partition coefficient (Wildman–Crippen LogP) is 0.852. The second-order valence-corrected chi connectivity index (χ2v) is 3.58. The summed E-state index contributed by atoms with van der Waals surface area (Å²) < 4.78 is 2.20. The minimum absolute atomic E-state index is 0.687. The van der Waals surface area contributed by atoms with Crippen LogP contribution in [0.4, 0.5) is 0 Å². The largest absolute Gasteiger partial charge is 0.330 e. The van der Waals surface area contributed by atoms with Crippen LogP contribution in [0.2, 0.25) is 0 Å². The molecule has 3 N–H and O–H groups in total. The van der Waals surface area contributed by atoms with Gasteiger partial charge in [0.05, 0.1) is 0 Å². The van der Waals surface area contributed by atoms with Crippen molar-refractivity contribution in [3.05, 3.63) is 54.1 Å². The third-order valence-corrected chi connectivity index (χ3v) is 2.45. The lowest BCUT2D eigenvalue weighted by molar-refractivity contribution is -0.694. The molecule has 1 heterocycles. The van der Waals surface area contributed by atoms with Gasteiger partial charge in [-0.3, -0.25) is 0 Å². The average molecular weight is 202 g/mol. The van der Waals surface area contributed by atoms with E-state index in [1.165, 1.54) is 11.3 Å². The molecule has 0 saturated carbocycles. The summed E-state index contributed by atoms with van der Waals surface area (Å²) in [5.74, 6) is 0. The fourth-order valence-corrected chi connectivity index (χ4v) is 1.68. The molecule has 0 saturated heterocycles. The van der Waals surface area contributed by atoms with E-state index < -0.39 is 0 Å². The molecule has 2 aromatic rings. The van der Waals surface area contributed by atoms with Crippen LogP contribution in [-0.4, -0.2) is 11.5 Å². The summed E-state index contributed by atoms with van der Waals surface area (Å²) in [5, 5.41) is 0. The van der Waals surface area contributed by atoms with Crippen LogP contribution in [0.5, 0.6) is 0 Å². The number of imidazole rings is 1. The molecule has 3 nitrogen and oxygen atoms in total. The summed E-state index contributed by atoms with van der Waals surface area (Å²) >= 11 is 0. The van der Waals surface area contributed by atoms with Gasteiger partial charge in [0.1, 0.15) is 18.4 Å². The molecule has 1 aromatic carbocycles. The van der Waals surface area contributed by atoms with Crippen LogP contribution in [0.3, 0.4) is 0 Å². The van der Waals surface area contributed by atoms with E-state index in [2.05, 4.69) is 33.8 Å². The Morgan fingerprint density at radius 2 is 2.00 bits per heavy atom. The molecule has 0 amide bonds. The predicted molar refractivity (Wildman–Crippen MR) is 59.3 cm³/mol. The van der Waals surface area contributed by atoms with Crippen molar-refractivity contribution < 1.29 is 4.57 Å². The summed E-state index contributed by atoms with van der Waals surface area (Å²) in [6.45, 7) is 1.59. The molecule has 0 unspecified atom stereocenters. The maximum atomic E-state index is 5.55. The highest BCUT2D eigenvalue weighted by atomic mass is 15.0. The number of nitrogens with one attached hydrogen (secondary N) is 1. The van der Waals surface area contributed by atoms with Crippen molar-refractivity contribution in [1.29, 1.82) is 0 Å². The summed E-state index contributed by atoms with van der Waals surface area (Å²) in [6.07, 6.45) is 4.91. The zero-order valence-electron chi connectivity index (χ0n) is 8.69. The molecule has 0 aliphatic rings. The van der Waals surface area contributed by atoms with Crippen LogP contribution in [0, 0.1) is 0 Å². The SMILES string of the molecule is NCCc1c[nH]c[n+]1Cc1ccccc1. The number of aromatic nitrogens is 2. The van der Waals surface area contributed by atoms with E-state index >= 15 is 0 Å². The minimum Gasteiger partial charge on any atom is -0.330 e. The zero-order chi connectivity index (χ0) is 10.5. The Hall–Kier alpha value is -1.61. The first-order valence-corrected chi connectivity index (χ1v) is 5.19. The van der Waals surface area contributed by atoms with Gasteiger partial charge < -0.3 is 5.73 Å². The number of nitrogens with two attached hydrogens (primary N) is 1. The first-order valence-electron chi connectivity index (χ1n) is 5.19. The number of aromatic amines is 1. The Bertz CT molecular complexity index is 406. The van der Waals surface area contributed by atoms with Gasteiger partial charge in [-0.2, -0.15) is 0 Å². The molecule has 15 heavy (non-hydrogen) atoms. The van der Waals surface area contributed by atoms with Crippen LogP contribution in [0.15, 0.2) is 42.9 Å². The molecule has 3 heteroatoms. The molecular formula is C12H16N3+. The van der Waals surface area contributed by atoms with Crippen molar-refractivity contribution in [3.8, 4) is 0 Å². The molecule has 0 spiro atoms. The average Bonchev–Trinajstić information content (AvgIpc) is 2.68. The van der Waals surface area contributed by atoms with Gasteiger partial charge in [-0.1, -0.05) is 30.3 Å². The van der Waals surface area contributed by atoms with Gasteiger partial charge in [0.25, 0.3) is 0 Å². The molecule has 1 aromatic heterocycles. The summed E-state index contributed by atoms with van der Waals surface area (Å²) in [4.78, 5) is 3.11. The number of hydrogen-bond acceptors (Lipinski definition) is 1. The number of rotatable bonds is 4.